The van der Waals surface area contributed by atoms with Crippen LogP contribution in [0.5, 0.6) is 0 Å². The fourth-order valence-corrected chi connectivity index (χ4v) is 2.77. The molecule has 20 heavy (non-hydrogen) atoms. The molecule has 1 aliphatic heterocycles. The van der Waals surface area contributed by atoms with Crippen LogP contribution in [0.1, 0.15) is 34.4 Å². The zero-order chi connectivity index (χ0) is 13.9. The standard InChI is InChI=1S/C17H16N2O/c18-11-12-5-7-14(8-6-12)17(20)16-15-4-2-1-3-13(15)9-10-19-16/h1-8,16-17,19-20H,9-10H2. The molecule has 3 heteroatoms. The number of aliphatic hydroxyl groups excluding tert-OH is 1. The van der Waals surface area contributed by atoms with E-state index in [1.54, 1.807) is 12.1 Å². The van der Waals surface area contributed by atoms with Crippen molar-refractivity contribution < 1.29 is 5.11 Å². The van der Waals surface area contributed by atoms with E-state index < -0.39 is 6.10 Å². The summed E-state index contributed by atoms with van der Waals surface area (Å²) in [4.78, 5) is 0. The van der Waals surface area contributed by atoms with Gasteiger partial charge in [-0.3, -0.25) is 0 Å². The number of fused-ring (bicyclic) bond motifs is 1. The predicted molar refractivity (Wildman–Crippen MR) is 77.0 cm³/mol. The van der Waals surface area contributed by atoms with Crippen molar-refractivity contribution in [3.8, 4) is 6.07 Å². The Bertz CT molecular complexity index is 643. The highest BCUT2D eigenvalue weighted by atomic mass is 16.3. The lowest BCUT2D eigenvalue weighted by Gasteiger charge is -2.30. The second-order valence-electron chi connectivity index (χ2n) is 5.06. The van der Waals surface area contributed by atoms with Crippen molar-refractivity contribution in [2.24, 2.45) is 0 Å². The summed E-state index contributed by atoms with van der Waals surface area (Å²) in [5.41, 5.74) is 3.90. The molecule has 2 aromatic rings. The lowest BCUT2D eigenvalue weighted by atomic mass is 9.88. The molecule has 0 radical (unpaired) electrons. The maximum atomic E-state index is 10.6. The van der Waals surface area contributed by atoms with Gasteiger partial charge in [0.25, 0.3) is 0 Å². The second-order valence-corrected chi connectivity index (χ2v) is 5.06. The molecule has 0 aromatic heterocycles. The maximum Gasteiger partial charge on any atom is 0.0991 e. The van der Waals surface area contributed by atoms with E-state index in [0.29, 0.717) is 5.56 Å². The summed E-state index contributed by atoms with van der Waals surface area (Å²) >= 11 is 0. The van der Waals surface area contributed by atoms with Crippen LogP contribution in [0.25, 0.3) is 0 Å². The molecule has 0 aliphatic carbocycles. The topological polar surface area (TPSA) is 56.0 Å². The number of rotatable bonds is 2. The van der Waals surface area contributed by atoms with Gasteiger partial charge >= 0.3 is 0 Å². The maximum absolute atomic E-state index is 10.6. The third-order valence-corrected chi connectivity index (χ3v) is 3.85. The molecule has 100 valence electrons. The van der Waals surface area contributed by atoms with Crippen LogP contribution in [0.2, 0.25) is 0 Å². The van der Waals surface area contributed by atoms with E-state index in [1.807, 2.05) is 24.3 Å². The molecule has 3 nitrogen and oxygen atoms in total. The van der Waals surface area contributed by atoms with Gasteiger partial charge in [0.1, 0.15) is 0 Å². The van der Waals surface area contributed by atoms with Crippen LogP contribution in [-0.2, 0) is 6.42 Å². The monoisotopic (exact) mass is 264 g/mol. The Morgan fingerprint density at radius 3 is 2.65 bits per heavy atom. The van der Waals surface area contributed by atoms with Gasteiger partial charge in [0.15, 0.2) is 0 Å². The summed E-state index contributed by atoms with van der Waals surface area (Å²) in [5, 5.41) is 22.8. The smallest absolute Gasteiger partial charge is 0.0991 e. The molecule has 0 amide bonds. The first-order valence-corrected chi connectivity index (χ1v) is 6.79. The van der Waals surface area contributed by atoms with Crippen molar-refractivity contribution in [3.63, 3.8) is 0 Å². The van der Waals surface area contributed by atoms with Crippen molar-refractivity contribution in [1.29, 1.82) is 5.26 Å². The zero-order valence-corrected chi connectivity index (χ0v) is 11.1. The summed E-state index contributed by atoms with van der Waals surface area (Å²) in [7, 11) is 0. The highest BCUT2D eigenvalue weighted by molar-refractivity contribution is 5.37. The number of nitrogens with zero attached hydrogens (tertiary/aromatic N) is 1. The SMILES string of the molecule is N#Cc1ccc(C(O)C2NCCc3ccccc32)cc1. The molecule has 0 saturated carbocycles. The summed E-state index contributed by atoms with van der Waals surface area (Å²) in [6, 6.07) is 17.4. The number of hydrogen-bond donors (Lipinski definition) is 2. The van der Waals surface area contributed by atoms with Crippen LogP contribution in [0, 0.1) is 11.3 Å². The molecule has 0 spiro atoms. The average molecular weight is 264 g/mol. The molecule has 2 N–H and O–H groups in total. The number of nitriles is 1. The molecule has 1 aliphatic rings. The minimum atomic E-state index is -0.607. The van der Waals surface area contributed by atoms with Gasteiger partial charge in [0.05, 0.1) is 23.8 Å². The number of benzene rings is 2. The molecule has 2 aromatic carbocycles. The van der Waals surface area contributed by atoms with Crippen LogP contribution in [-0.4, -0.2) is 11.7 Å². The molecular weight excluding hydrogens is 248 g/mol. The van der Waals surface area contributed by atoms with Crippen molar-refractivity contribution in [2.45, 2.75) is 18.6 Å². The van der Waals surface area contributed by atoms with Crippen molar-refractivity contribution >= 4 is 0 Å². The first kappa shape index (κ1) is 12.9. The van der Waals surface area contributed by atoms with Crippen molar-refractivity contribution in [2.75, 3.05) is 6.54 Å². The number of nitrogens with one attached hydrogen (secondary N) is 1. The summed E-state index contributed by atoms with van der Waals surface area (Å²) in [5.74, 6) is 0. The molecule has 1 heterocycles. The van der Waals surface area contributed by atoms with Gasteiger partial charge in [-0.1, -0.05) is 36.4 Å². The van der Waals surface area contributed by atoms with Gasteiger partial charge in [-0.05, 0) is 41.8 Å². The summed E-state index contributed by atoms with van der Waals surface area (Å²) in [6.07, 6.45) is 0.386. The molecule has 0 saturated heterocycles. The van der Waals surface area contributed by atoms with Crippen LogP contribution >= 0.6 is 0 Å². The Morgan fingerprint density at radius 1 is 1.15 bits per heavy atom. The van der Waals surface area contributed by atoms with Crippen LogP contribution in [0.15, 0.2) is 48.5 Å². The zero-order valence-electron chi connectivity index (χ0n) is 11.1. The van der Waals surface area contributed by atoms with Crippen molar-refractivity contribution in [3.05, 3.63) is 70.8 Å². The van der Waals surface area contributed by atoms with E-state index in [4.69, 9.17) is 5.26 Å². The normalized spacial score (nSPS) is 18.9. The molecule has 0 fully saturated rings. The summed E-state index contributed by atoms with van der Waals surface area (Å²) < 4.78 is 0. The highest BCUT2D eigenvalue weighted by Crippen LogP contribution is 2.33. The van der Waals surface area contributed by atoms with Gasteiger partial charge in [-0.25, -0.2) is 0 Å². The van der Waals surface area contributed by atoms with Crippen LogP contribution in [0.3, 0.4) is 0 Å². The number of aliphatic hydroxyl groups is 1. The average Bonchev–Trinajstić information content (AvgIpc) is 2.54. The third-order valence-electron chi connectivity index (χ3n) is 3.85. The molecular formula is C17H16N2O. The van der Waals surface area contributed by atoms with Gasteiger partial charge in [0, 0.05) is 0 Å². The van der Waals surface area contributed by atoms with Gasteiger partial charge in [-0.15, -0.1) is 0 Å². The fraction of sp³-hybridized carbons (Fsp3) is 0.235. The second kappa shape index (κ2) is 5.46. The van der Waals surface area contributed by atoms with E-state index in [-0.39, 0.29) is 6.04 Å². The number of hydrogen-bond acceptors (Lipinski definition) is 3. The Labute approximate surface area is 118 Å². The minimum absolute atomic E-state index is 0.0899. The summed E-state index contributed by atoms with van der Waals surface area (Å²) in [6.45, 7) is 0.870. The van der Waals surface area contributed by atoms with Crippen LogP contribution < -0.4 is 5.32 Å². The third kappa shape index (κ3) is 2.32. The lowest BCUT2D eigenvalue weighted by Crippen LogP contribution is -2.33. The van der Waals surface area contributed by atoms with E-state index in [0.717, 1.165) is 24.1 Å². The van der Waals surface area contributed by atoms with Gasteiger partial charge in [0.2, 0.25) is 0 Å². The van der Waals surface area contributed by atoms with Crippen LogP contribution in [0.4, 0.5) is 0 Å². The lowest BCUT2D eigenvalue weighted by molar-refractivity contribution is 0.125. The first-order chi connectivity index (χ1) is 9.79. The minimum Gasteiger partial charge on any atom is -0.386 e. The largest absolute Gasteiger partial charge is 0.386 e. The predicted octanol–water partition coefficient (Wildman–Crippen LogP) is 2.48. The molecule has 0 bridgehead atoms. The van der Waals surface area contributed by atoms with E-state index in [2.05, 4.69) is 23.5 Å². The van der Waals surface area contributed by atoms with Gasteiger partial charge < -0.3 is 10.4 Å². The first-order valence-electron chi connectivity index (χ1n) is 6.79. The van der Waals surface area contributed by atoms with Crippen molar-refractivity contribution in [1.82, 2.24) is 5.32 Å². The molecule has 2 atom stereocenters. The quantitative estimate of drug-likeness (QED) is 0.876. The van der Waals surface area contributed by atoms with E-state index >= 15 is 0 Å². The Kier molecular flexibility index (Phi) is 3.51. The fourth-order valence-electron chi connectivity index (χ4n) is 2.77. The Balaban J connectivity index is 1.91. The molecule has 2 unspecified atom stereocenters. The molecule has 3 rings (SSSR count). The van der Waals surface area contributed by atoms with Gasteiger partial charge in [-0.2, -0.15) is 5.26 Å². The van der Waals surface area contributed by atoms with E-state index in [1.165, 1.54) is 5.56 Å². The Hall–Kier alpha value is -2.15. The van der Waals surface area contributed by atoms with E-state index in [9.17, 15) is 5.11 Å². The highest BCUT2D eigenvalue weighted by Gasteiger charge is 2.26. The Morgan fingerprint density at radius 2 is 1.90 bits per heavy atom.